The minimum atomic E-state index is -2.70. The van der Waals surface area contributed by atoms with Crippen molar-refractivity contribution in [2.75, 3.05) is 72.7 Å². The van der Waals surface area contributed by atoms with Crippen LogP contribution >= 0.6 is 0 Å². The maximum absolute atomic E-state index is 13.4. The Bertz CT molecular complexity index is 3970. The Morgan fingerprint density at radius 3 is 0.785 bits per heavy atom. The number of aliphatic hydroxyl groups excluding tert-OH is 33. The standard InChI is InChI=1S/C80H134N4O60/c1-17-37(98)47(108)54(115)73(124-17)122-16-32-65(43(104)33(69(121)125-32)81-18(2)94)136-70-34(82-19(3)95)44(105)62(28(12-91)130-70)139-78-59(120)66(142-80-68(51(112)41(102)25(9-88)129-80)144-72-36(84-21(5)97)46(107)61(27(11-90)132-72)138-77-58(119)53(114)64(30(14-93)134-77)141-75-56(117)49(110)39(100)23(7-86)127-75)42(103)31(135-78)15-123-79-67(50(111)40(101)24(8-87)128-79)143-71-35(83-20(4)96)45(106)60(26(10-89)131-71)137-76-57(118)52(113)63(29(13-92)133-76)140-74-55(116)48(109)38(99)22(6-85)126-74/h17,22-80,85-93,98-121H,6-16H2,1-5H3,(H,81,94)(H,82,95)(H,83,96)(H,84,97). The number of ether oxygens (including phenoxy) is 23. The van der Waals surface area contributed by atoms with Crippen molar-refractivity contribution in [3.8, 4) is 0 Å². The average molecular weight is 2110 g/mol. The summed E-state index contributed by atoms with van der Waals surface area (Å²) in [5, 5.41) is 379. The van der Waals surface area contributed by atoms with Crippen LogP contribution in [0.25, 0.3) is 0 Å². The fourth-order valence-corrected chi connectivity index (χ4v) is 18.8. The van der Waals surface area contributed by atoms with Crippen molar-refractivity contribution in [1.82, 2.24) is 21.3 Å². The number of nitrogens with one attached hydrogen (secondary N) is 4. The molecule has 0 aromatic rings. The van der Waals surface area contributed by atoms with E-state index in [1.807, 2.05) is 0 Å². The molecule has 4 amide bonds. The Morgan fingerprint density at radius 2 is 0.424 bits per heavy atom. The zero-order chi connectivity index (χ0) is 106. The number of carbonyl (C=O) groups excluding carboxylic acids is 4. The molecule has 0 aromatic heterocycles. The topological polar surface area (TPSA) is 996 Å². The lowest BCUT2D eigenvalue weighted by Gasteiger charge is -2.51. The molecule has 60 unspecified atom stereocenters. The van der Waals surface area contributed by atoms with E-state index >= 15 is 0 Å². The van der Waals surface area contributed by atoms with Gasteiger partial charge in [-0.05, 0) is 6.92 Å². The SMILES string of the molecule is CC(=O)NC1C(O)OC(COC2OC(C)C(O)C(O)C2O)C(OC2OC(CO)C(OC3OC(COC4OC(CO)C(O)C(O)C4OC4OC(CO)C(OC5OC(CO)C(OC6OC(CO)C(O)C(O)C6O)C(O)C5O)C(O)C4NC(C)=O)C(O)C(OC4OC(CO)C(O)C(O)C4OC4OC(CO)C(OC5OC(CO)C(OC6OC(CO)C(O)C(O)C6O)C(O)C5O)C(O)C4NC(C)=O)C3O)C(O)C2NC(C)=O)C1O. The molecule has 0 aliphatic carbocycles. The Labute approximate surface area is 814 Å². The molecule has 12 aliphatic rings. The third-order valence-corrected chi connectivity index (χ3v) is 26.6. The van der Waals surface area contributed by atoms with Gasteiger partial charge in [-0.1, -0.05) is 0 Å². The summed E-state index contributed by atoms with van der Waals surface area (Å²) in [6.07, 6.45) is -119. The first-order valence-electron chi connectivity index (χ1n) is 46.0. The lowest BCUT2D eigenvalue weighted by Crippen LogP contribution is -2.71. The smallest absolute Gasteiger partial charge is 0.217 e. The Balaban J connectivity index is 0.845. The molecule has 0 aromatic carbocycles. The van der Waals surface area contributed by atoms with Gasteiger partial charge in [-0.15, -0.1) is 0 Å². The van der Waals surface area contributed by atoms with Gasteiger partial charge >= 0.3 is 0 Å². The molecule has 12 saturated heterocycles. The molecule has 834 valence electrons. The zero-order valence-electron chi connectivity index (χ0n) is 77.2. The van der Waals surface area contributed by atoms with Crippen LogP contribution in [0.15, 0.2) is 0 Å². The van der Waals surface area contributed by atoms with Crippen molar-refractivity contribution < 1.29 is 297 Å². The van der Waals surface area contributed by atoms with Gasteiger partial charge in [0.15, 0.2) is 75.5 Å². The maximum Gasteiger partial charge on any atom is 0.217 e. The van der Waals surface area contributed by atoms with E-state index in [2.05, 4.69) is 21.3 Å². The molecule has 144 heavy (non-hydrogen) atoms. The lowest BCUT2D eigenvalue weighted by molar-refractivity contribution is -0.400. The van der Waals surface area contributed by atoms with Gasteiger partial charge in [0.25, 0.3) is 0 Å². The van der Waals surface area contributed by atoms with Crippen LogP contribution in [-0.2, 0) is 128 Å². The Morgan fingerprint density at radius 1 is 0.194 bits per heavy atom. The van der Waals surface area contributed by atoms with Crippen LogP contribution in [0.4, 0.5) is 0 Å². The van der Waals surface area contributed by atoms with Gasteiger partial charge < -0.3 is 299 Å². The monoisotopic (exact) mass is 2110 g/mol. The van der Waals surface area contributed by atoms with E-state index in [0.717, 1.165) is 27.7 Å². The van der Waals surface area contributed by atoms with Crippen LogP contribution in [0.3, 0.4) is 0 Å². The van der Waals surface area contributed by atoms with Crippen molar-refractivity contribution in [3.05, 3.63) is 0 Å². The van der Waals surface area contributed by atoms with Crippen LogP contribution < -0.4 is 21.3 Å². The van der Waals surface area contributed by atoms with E-state index in [4.69, 9.17) is 109 Å². The van der Waals surface area contributed by atoms with Gasteiger partial charge in [0.1, 0.15) is 287 Å². The van der Waals surface area contributed by atoms with Crippen LogP contribution in [0.1, 0.15) is 34.6 Å². The molecule has 0 saturated carbocycles. The summed E-state index contributed by atoms with van der Waals surface area (Å²) in [7, 11) is 0. The van der Waals surface area contributed by atoms with E-state index in [1.54, 1.807) is 0 Å². The Kier molecular flexibility index (Phi) is 42.4. The maximum atomic E-state index is 13.4. The summed E-state index contributed by atoms with van der Waals surface area (Å²) in [6.45, 7) is -7.66. The third kappa shape index (κ3) is 25.8. The fraction of sp³-hybridized carbons (Fsp3) is 0.950. The van der Waals surface area contributed by atoms with Crippen LogP contribution in [0, 0.1) is 0 Å². The van der Waals surface area contributed by atoms with Crippen LogP contribution in [-0.4, -0.2) is 633 Å². The molecule has 12 fully saturated rings. The van der Waals surface area contributed by atoms with Crippen molar-refractivity contribution in [1.29, 1.82) is 0 Å². The van der Waals surface area contributed by atoms with Crippen molar-refractivity contribution in [2.24, 2.45) is 0 Å². The second-order valence-corrected chi connectivity index (χ2v) is 36.6. The number of carbonyl (C=O) groups is 4. The second-order valence-electron chi connectivity index (χ2n) is 36.6. The van der Waals surface area contributed by atoms with Gasteiger partial charge in [0.05, 0.1) is 78.8 Å². The molecule has 60 atom stereocenters. The van der Waals surface area contributed by atoms with Gasteiger partial charge in [-0.2, -0.15) is 0 Å². The molecule has 12 rings (SSSR count). The van der Waals surface area contributed by atoms with E-state index in [1.165, 1.54) is 6.92 Å². The molecular formula is C80H134N4O60. The number of amides is 4. The minimum Gasteiger partial charge on any atom is -0.394 e. The largest absolute Gasteiger partial charge is 0.394 e. The number of rotatable bonds is 37. The van der Waals surface area contributed by atoms with Crippen molar-refractivity contribution >= 4 is 23.6 Å². The normalized spacial score (nSPS) is 50.4. The highest BCUT2D eigenvalue weighted by Gasteiger charge is 2.64. The van der Waals surface area contributed by atoms with E-state index < -0.39 is 465 Å². The van der Waals surface area contributed by atoms with Crippen molar-refractivity contribution in [2.45, 2.75) is 403 Å². The molecule has 37 N–H and O–H groups in total. The molecular weight excluding hydrogens is 1980 g/mol. The molecule has 12 aliphatic heterocycles. The predicted molar refractivity (Wildman–Crippen MR) is 440 cm³/mol. The van der Waals surface area contributed by atoms with E-state index in [-0.39, 0.29) is 0 Å². The summed E-state index contributed by atoms with van der Waals surface area (Å²) in [5.41, 5.74) is 0. The average Bonchev–Trinajstić information content (AvgIpc) is 0.761. The van der Waals surface area contributed by atoms with Gasteiger partial charge in [-0.3, -0.25) is 19.2 Å². The first-order valence-corrected chi connectivity index (χ1v) is 46.0. The van der Waals surface area contributed by atoms with E-state index in [0.29, 0.717) is 0 Å². The summed E-state index contributed by atoms with van der Waals surface area (Å²) >= 11 is 0. The molecule has 64 nitrogen and oxygen atoms in total. The third-order valence-electron chi connectivity index (χ3n) is 26.6. The van der Waals surface area contributed by atoms with E-state index in [9.17, 15) is 188 Å². The highest BCUT2D eigenvalue weighted by Crippen LogP contribution is 2.43. The van der Waals surface area contributed by atoms with Gasteiger partial charge in [-0.25, -0.2) is 0 Å². The lowest BCUT2D eigenvalue weighted by atomic mass is 9.93. The molecule has 0 spiro atoms. The number of aliphatic hydroxyl groups is 33. The van der Waals surface area contributed by atoms with Crippen LogP contribution in [0.5, 0.6) is 0 Å². The zero-order valence-corrected chi connectivity index (χ0v) is 77.2. The molecule has 64 heteroatoms. The molecule has 0 radical (unpaired) electrons. The van der Waals surface area contributed by atoms with Gasteiger partial charge in [0, 0.05) is 27.7 Å². The summed E-state index contributed by atoms with van der Waals surface area (Å²) in [6, 6.07) is -8.02. The Hall–Kier alpha value is -4.36. The number of hydrogen-bond acceptors (Lipinski definition) is 60. The number of hydrogen-bond donors (Lipinski definition) is 37. The summed E-state index contributed by atoms with van der Waals surface area (Å²) in [5.74, 6) is -3.96. The predicted octanol–water partition coefficient (Wildman–Crippen LogP) is -25.6. The van der Waals surface area contributed by atoms with Gasteiger partial charge in [0.2, 0.25) is 23.6 Å². The first-order chi connectivity index (χ1) is 68.1. The quantitative estimate of drug-likeness (QED) is 0.0275. The second kappa shape index (κ2) is 51.6. The highest BCUT2D eigenvalue weighted by atomic mass is 16.8. The highest BCUT2D eigenvalue weighted by molar-refractivity contribution is 5.74. The minimum absolute atomic E-state index is 0.872. The van der Waals surface area contributed by atoms with Crippen LogP contribution in [0.2, 0.25) is 0 Å². The summed E-state index contributed by atoms with van der Waals surface area (Å²) < 4.78 is 136. The molecule has 0 bridgehead atoms. The first kappa shape index (κ1) is 118. The summed E-state index contributed by atoms with van der Waals surface area (Å²) in [4.78, 5) is 52.4. The fourth-order valence-electron chi connectivity index (χ4n) is 18.8. The van der Waals surface area contributed by atoms with Crippen molar-refractivity contribution in [3.63, 3.8) is 0 Å². The molecule has 12 heterocycles.